The van der Waals surface area contributed by atoms with Crippen LogP contribution < -0.4 is 5.32 Å². The van der Waals surface area contributed by atoms with Crippen molar-refractivity contribution in [1.82, 2.24) is 19.7 Å². The molecule has 1 aliphatic carbocycles. The monoisotopic (exact) mass is 508 g/mol. The van der Waals surface area contributed by atoms with E-state index in [9.17, 15) is 4.79 Å². The van der Waals surface area contributed by atoms with Gasteiger partial charge < -0.3 is 19.7 Å². The van der Waals surface area contributed by atoms with Gasteiger partial charge in [0.15, 0.2) is 0 Å². The zero-order chi connectivity index (χ0) is 20.7. The van der Waals surface area contributed by atoms with Crippen LogP contribution in [0.4, 0.5) is 4.79 Å². The first-order valence-electron chi connectivity index (χ1n) is 11.0. The SMILES string of the molecule is CCCn1c(I)c2c3c(cccc31)C1C[C@H](NC(=O)N(CC)CC)CN(C)[C@@H]1C2. The smallest absolute Gasteiger partial charge is 0.317 e. The van der Waals surface area contributed by atoms with Crippen LogP contribution in [0, 0.1) is 3.70 Å². The number of halogens is 1. The minimum Gasteiger partial charge on any atom is -0.336 e. The fraction of sp³-hybridized carbons (Fsp3) is 0.609. The average molecular weight is 508 g/mol. The highest BCUT2D eigenvalue weighted by atomic mass is 127. The third kappa shape index (κ3) is 3.56. The van der Waals surface area contributed by atoms with Gasteiger partial charge in [0.2, 0.25) is 0 Å². The van der Waals surface area contributed by atoms with Gasteiger partial charge in [-0.2, -0.15) is 0 Å². The van der Waals surface area contributed by atoms with Gasteiger partial charge >= 0.3 is 6.03 Å². The van der Waals surface area contributed by atoms with Crippen LogP contribution in [-0.2, 0) is 13.0 Å². The standard InChI is InChI=1S/C23H33IN4O/c1-5-11-28-19-10-8-9-16-17-12-15(25-23(29)27(6-2)7-3)14-26(4)20(17)13-18(21(16)19)22(28)24/h8-10,15,17,20H,5-7,11-14H2,1-4H3,(H,25,29)/t15-,17?,20+/m0/s1. The number of likely N-dealkylation sites (N-methyl/N-ethyl adjacent to an activating group) is 1. The molecule has 2 aliphatic rings. The summed E-state index contributed by atoms with van der Waals surface area (Å²) in [4.78, 5) is 17.0. The minimum atomic E-state index is 0.0743. The van der Waals surface area contributed by atoms with Gasteiger partial charge in [0.05, 0.1) is 3.70 Å². The zero-order valence-electron chi connectivity index (χ0n) is 18.0. The Bertz CT molecular complexity index is 904. The van der Waals surface area contributed by atoms with Crippen molar-refractivity contribution in [3.05, 3.63) is 33.0 Å². The number of hydrogen-bond donors (Lipinski definition) is 1. The number of fused-ring (bicyclic) bond motifs is 2. The number of nitrogens with zero attached hydrogens (tertiary/aromatic N) is 3. The second-order valence-electron chi connectivity index (χ2n) is 8.53. The molecular formula is C23H33IN4O. The van der Waals surface area contributed by atoms with Gasteiger partial charge in [-0.05, 0) is 79.9 Å². The Balaban J connectivity index is 1.67. The molecule has 1 saturated heterocycles. The molecule has 1 aliphatic heterocycles. The maximum Gasteiger partial charge on any atom is 0.317 e. The fourth-order valence-corrected chi connectivity index (χ4v) is 6.46. The van der Waals surface area contributed by atoms with E-state index in [0.29, 0.717) is 12.0 Å². The van der Waals surface area contributed by atoms with Gasteiger partial charge in [-0.25, -0.2) is 4.79 Å². The molecule has 2 aromatic rings. The summed E-state index contributed by atoms with van der Waals surface area (Å²) in [7, 11) is 2.23. The highest BCUT2D eigenvalue weighted by molar-refractivity contribution is 14.1. The molecule has 1 aromatic carbocycles. The Morgan fingerprint density at radius 1 is 1.28 bits per heavy atom. The summed E-state index contributed by atoms with van der Waals surface area (Å²) in [6.45, 7) is 9.83. The molecule has 2 amide bonds. The second kappa shape index (κ2) is 8.46. The Morgan fingerprint density at radius 3 is 2.72 bits per heavy atom. The van der Waals surface area contributed by atoms with Gasteiger partial charge in [0, 0.05) is 55.1 Å². The van der Waals surface area contributed by atoms with Crippen molar-refractivity contribution in [3.8, 4) is 0 Å². The molecule has 1 aromatic heterocycles. The van der Waals surface area contributed by atoms with Crippen LogP contribution in [0.5, 0.6) is 0 Å². The number of rotatable bonds is 5. The number of carbonyl (C=O) groups excluding carboxylic acids is 1. The number of carbonyl (C=O) groups is 1. The Hall–Kier alpha value is -1.28. The summed E-state index contributed by atoms with van der Waals surface area (Å²) in [5.41, 5.74) is 4.40. The number of piperidine rings is 1. The molecule has 6 heteroatoms. The highest BCUT2D eigenvalue weighted by Crippen LogP contribution is 2.45. The topological polar surface area (TPSA) is 40.5 Å². The van der Waals surface area contributed by atoms with E-state index in [1.165, 1.54) is 25.7 Å². The molecule has 1 unspecified atom stereocenters. The van der Waals surface area contributed by atoms with E-state index in [0.717, 1.165) is 45.4 Å². The summed E-state index contributed by atoms with van der Waals surface area (Å²) >= 11 is 2.56. The van der Waals surface area contributed by atoms with Crippen molar-refractivity contribution in [3.63, 3.8) is 0 Å². The summed E-state index contributed by atoms with van der Waals surface area (Å²) in [5.74, 6) is 0.472. The molecular weight excluding hydrogens is 475 g/mol. The number of likely N-dealkylation sites (tertiary alicyclic amines) is 1. The second-order valence-corrected chi connectivity index (χ2v) is 9.56. The van der Waals surface area contributed by atoms with Crippen LogP contribution in [0.1, 0.15) is 50.7 Å². The van der Waals surface area contributed by atoms with Crippen LogP contribution in [0.2, 0.25) is 0 Å². The number of amides is 2. The lowest BCUT2D eigenvalue weighted by Gasteiger charge is -2.46. The number of nitrogens with one attached hydrogen (secondary N) is 1. The summed E-state index contributed by atoms with van der Waals surface area (Å²) < 4.78 is 3.92. The normalized spacial score (nSPS) is 23.8. The molecule has 5 nitrogen and oxygen atoms in total. The first-order valence-corrected chi connectivity index (χ1v) is 12.1. The fourth-order valence-electron chi connectivity index (χ4n) is 5.47. The molecule has 0 saturated carbocycles. The molecule has 1 fully saturated rings. The predicted octanol–water partition coefficient (Wildman–Crippen LogP) is 4.42. The predicted molar refractivity (Wildman–Crippen MR) is 128 cm³/mol. The van der Waals surface area contributed by atoms with Crippen molar-refractivity contribution < 1.29 is 4.79 Å². The first-order chi connectivity index (χ1) is 14.0. The Kier molecular flexibility index (Phi) is 6.11. The summed E-state index contributed by atoms with van der Waals surface area (Å²) in [6.07, 6.45) is 3.28. The van der Waals surface area contributed by atoms with Crippen molar-refractivity contribution in [1.29, 1.82) is 0 Å². The quantitative estimate of drug-likeness (QED) is 0.608. The molecule has 0 spiro atoms. The van der Waals surface area contributed by atoms with Gasteiger partial charge in [0.25, 0.3) is 0 Å². The van der Waals surface area contributed by atoms with Crippen LogP contribution in [-0.4, -0.2) is 59.2 Å². The van der Waals surface area contributed by atoms with Crippen LogP contribution in [0.25, 0.3) is 10.9 Å². The number of aromatic nitrogens is 1. The van der Waals surface area contributed by atoms with E-state index in [2.05, 4.69) is 69.5 Å². The number of urea groups is 1. The van der Waals surface area contributed by atoms with E-state index < -0.39 is 0 Å². The molecule has 1 N–H and O–H groups in total. The maximum absolute atomic E-state index is 12.6. The van der Waals surface area contributed by atoms with Crippen LogP contribution in [0.15, 0.2) is 18.2 Å². The summed E-state index contributed by atoms with van der Waals surface area (Å²) in [6, 6.07) is 7.63. The molecule has 0 bridgehead atoms. The number of aryl methyl sites for hydroxylation is 1. The first kappa shape index (κ1) is 21.0. The molecule has 2 heterocycles. The van der Waals surface area contributed by atoms with Gasteiger partial charge in [-0.1, -0.05) is 19.1 Å². The van der Waals surface area contributed by atoms with E-state index in [1.54, 1.807) is 0 Å². The third-order valence-electron chi connectivity index (χ3n) is 6.87. The molecule has 158 valence electrons. The van der Waals surface area contributed by atoms with Crippen molar-refractivity contribution in [2.75, 3.05) is 26.7 Å². The van der Waals surface area contributed by atoms with E-state index in [4.69, 9.17) is 0 Å². The van der Waals surface area contributed by atoms with Crippen LogP contribution in [0.3, 0.4) is 0 Å². The number of benzene rings is 1. The third-order valence-corrected chi connectivity index (χ3v) is 8.10. The lowest BCUT2D eigenvalue weighted by atomic mass is 9.74. The Morgan fingerprint density at radius 2 is 2.03 bits per heavy atom. The highest BCUT2D eigenvalue weighted by Gasteiger charge is 2.41. The zero-order valence-corrected chi connectivity index (χ0v) is 20.2. The van der Waals surface area contributed by atoms with Crippen molar-refractivity contribution in [2.24, 2.45) is 0 Å². The van der Waals surface area contributed by atoms with Crippen LogP contribution >= 0.6 is 22.6 Å². The maximum atomic E-state index is 12.6. The van der Waals surface area contributed by atoms with E-state index in [-0.39, 0.29) is 12.1 Å². The minimum absolute atomic E-state index is 0.0743. The summed E-state index contributed by atoms with van der Waals surface area (Å²) in [5, 5.41) is 4.80. The lowest BCUT2D eigenvalue weighted by Crippen LogP contribution is -2.56. The molecule has 3 atom stereocenters. The van der Waals surface area contributed by atoms with E-state index in [1.807, 2.05) is 18.7 Å². The number of hydrogen-bond acceptors (Lipinski definition) is 2. The lowest BCUT2D eigenvalue weighted by molar-refractivity contribution is 0.124. The van der Waals surface area contributed by atoms with E-state index >= 15 is 0 Å². The largest absolute Gasteiger partial charge is 0.336 e. The van der Waals surface area contributed by atoms with Gasteiger partial charge in [-0.3, -0.25) is 0 Å². The van der Waals surface area contributed by atoms with Crippen molar-refractivity contribution in [2.45, 2.75) is 64.6 Å². The molecule has 29 heavy (non-hydrogen) atoms. The Labute approximate surface area is 187 Å². The molecule has 4 rings (SSSR count). The van der Waals surface area contributed by atoms with Crippen molar-refractivity contribution >= 4 is 39.5 Å². The molecule has 0 radical (unpaired) electrons. The van der Waals surface area contributed by atoms with Gasteiger partial charge in [0.1, 0.15) is 0 Å². The average Bonchev–Trinajstić information content (AvgIpc) is 2.97. The van der Waals surface area contributed by atoms with Gasteiger partial charge in [-0.15, -0.1) is 0 Å².